The van der Waals surface area contributed by atoms with Gasteiger partial charge >= 0.3 is 0 Å². The molecule has 26 heavy (non-hydrogen) atoms. The van der Waals surface area contributed by atoms with Crippen LogP contribution in [0.25, 0.3) is 0 Å². The van der Waals surface area contributed by atoms with Gasteiger partial charge in [0.05, 0.1) is 30.6 Å². The van der Waals surface area contributed by atoms with Crippen LogP contribution in [0, 0.1) is 0 Å². The van der Waals surface area contributed by atoms with Crippen molar-refractivity contribution < 1.29 is 14.3 Å². The molecule has 0 saturated carbocycles. The van der Waals surface area contributed by atoms with Crippen LogP contribution in [0.1, 0.15) is 29.9 Å². The predicted molar refractivity (Wildman–Crippen MR) is 100 cm³/mol. The van der Waals surface area contributed by atoms with Crippen molar-refractivity contribution in [2.24, 2.45) is 0 Å². The summed E-state index contributed by atoms with van der Waals surface area (Å²) >= 11 is 0. The average molecular weight is 355 g/mol. The number of nitrogens with one attached hydrogen (secondary N) is 1. The van der Waals surface area contributed by atoms with Gasteiger partial charge in [0, 0.05) is 19.6 Å². The highest BCUT2D eigenvalue weighted by Gasteiger charge is 2.15. The zero-order valence-electron chi connectivity index (χ0n) is 15.3. The van der Waals surface area contributed by atoms with E-state index in [1.165, 1.54) is 0 Å². The van der Waals surface area contributed by atoms with Crippen molar-refractivity contribution in [3.63, 3.8) is 0 Å². The van der Waals surface area contributed by atoms with Crippen LogP contribution in [0.15, 0.2) is 42.5 Å². The number of benzene rings is 1. The Morgan fingerprint density at radius 3 is 2.73 bits per heavy atom. The maximum Gasteiger partial charge on any atom is 0.260 e. The summed E-state index contributed by atoms with van der Waals surface area (Å²) in [6.07, 6.45) is -0.000995. The Morgan fingerprint density at radius 2 is 1.96 bits per heavy atom. The molecule has 1 aromatic carbocycles. The van der Waals surface area contributed by atoms with Crippen LogP contribution in [0.5, 0.6) is 5.75 Å². The second-order valence-electron chi connectivity index (χ2n) is 6.52. The average Bonchev–Trinajstić information content (AvgIpc) is 2.63. The lowest BCUT2D eigenvalue weighted by atomic mass is 10.2. The summed E-state index contributed by atoms with van der Waals surface area (Å²) in [4.78, 5) is 19.5. The molecule has 0 spiro atoms. The van der Waals surface area contributed by atoms with Gasteiger partial charge in [-0.25, -0.2) is 4.98 Å². The molecular formula is C20H25N3O3. The van der Waals surface area contributed by atoms with E-state index in [1.54, 1.807) is 18.2 Å². The third-order valence-corrected chi connectivity index (χ3v) is 4.03. The molecule has 1 amide bonds. The fourth-order valence-electron chi connectivity index (χ4n) is 2.82. The van der Waals surface area contributed by atoms with Crippen molar-refractivity contribution in [3.05, 3.63) is 53.7 Å². The number of ether oxygens (including phenoxy) is 2. The molecule has 6 heteroatoms. The molecule has 3 rings (SSSR count). The summed E-state index contributed by atoms with van der Waals surface area (Å²) in [5.41, 5.74) is 1.43. The lowest BCUT2D eigenvalue weighted by Gasteiger charge is -2.26. The predicted octanol–water partition coefficient (Wildman–Crippen LogP) is 2.95. The van der Waals surface area contributed by atoms with Gasteiger partial charge in [-0.2, -0.15) is 0 Å². The van der Waals surface area contributed by atoms with Gasteiger partial charge in [0.15, 0.2) is 0 Å². The highest BCUT2D eigenvalue weighted by Crippen LogP contribution is 2.20. The number of rotatable bonds is 6. The Balaban J connectivity index is 1.69. The Bertz CT molecular complexity index is 743. The first kappa shape index (κ1) is 18.4. The Labute approximate surface area is 154 Å². The molecule has 2 heterocycles. The number of anilines is 1. The van der Waals surface area contributed by atoms with Gasteiger partial charge < -0.3 is 14.8 Å². The molecule has 1 fully saturated rings. The molecule has 1 aromatic heterocycles. The molecule has 0 aliphatic carbocycles. The van der Waals surface area contributed by atoms with Gasteiger partial charge in [0.2, 0.25) is 0 Å². The first-order valence-electron chi connectivity index (χ1n) is 8.95. The van der Waals surface area contributed by atoms with Crippen LogP contribution in [0.4, 0.5) is 5.82 Å². The van der Waals surface area contributed by atoms with Crippen LogP contribution < -0.4 is 10.1 Å². The molecule has 6 nitrogen and oxygen atoms in total. The van der Waals surface area contributed by atoms with Gasteiger partial charge in [-0.05, 0) is 38.1 Å². The number of aromatic nitrogens is 1. The Hall–Kier alpha value is -2.44. The minimum Gasteiger partial charge on any atom is -0.490 e. The Kier molecular flexibility index (Phi) is 6.20. The summed E-state index contributed by atoms with van der Waals surface area (Å²) in [7, 11) is 0. The monoisotopic (exact) mass is 355 g/mol. The van der Waals surface area contributed by atoms with E-state index in [0.29, 0.717) is 17.1 Å². The summed E-state index contributed by atoms with van der Waals surface area (Å²) < 4.78 is 11.1. The molecule has 0 unspecified atom stereocenters. The minimum absolute atomic E-state index is 0.000995. The van der Waals surface area contributed by atoms with Gasteiger partial charge in [0.25, 0.3) is 5.91 Å². The quantitative estimate of drug-likeness (QED) is 0.863. The van der Waals surface area contributed by atoms with Crippen LogP contribution >= 0.6 is 0 Å². The van der Waals surface area contributed by atoms with E-state index in [4.69, 9.17) is 9.47 Å². The molecule has 0 radical (unpaired) electrons. The maximum absolute atomic E-state index is 12.7. The van der Waals surface area contributed by atoms with Crippen molar-refractivity contribution in [2.45, 2.75) is 26.5 Å². The van der Waals surface area contributed by atoms with E-state index in [9.17, 15) is 4.79 Å². The number of carbonyl (C=O) groups is 1. The second kappa shape index (κ2) is 8.78. The van der Waals surface area contributed by atoms with E-state index in [-0.39, 0.29) is 12.0 Å². The van der Waals surface area contributed by atoms with Crippen LogP contribution in [0.2, 0.25) is 0 Å². The summed E-state index contributed by atoms with van der Waals surface area (Å²) in [6.45, 7) is 7.93. The van der Waals surface area contributed by atoms with Crippen molar-refractivity contribution in [1.82, 2.24) is 9.88 Å². The molecule has 1 aliphatic heterocycles. The van der Waals surface area contributed by atoms with Crippen molar-refractivity contribution in [1.29, 1.82) is 0 Å². The normalized spacial score (nSPS) is 15.0. The SMILES string of the molecule is CC(C)Oc1ccccc1C(=O)Nc1cccc(CN2CCOCC2)n1. The first-order chi connectivity index (χ1) is 12.6. The topological polar surface area (TPSA) is 63.7 Å². The zero-order valence-corrected chi connectivity index (χ0v) is 15.3. The molecular weight excluding hydrogens is 330 g/mol. The molecule has 1 saturated heterocycles. The van der Waals surface area contributed by atoms with Gasteiger partial charge in [-0.1, -0.05) is 18.2 Å². The first-order valence-corrected chi connectivity index (χ1v) is 8.95. The molecule has 0 atom stereocenters. The van der Waals surface area contributed by atoms with Crippen LogP contribution in [-0.2, 0) is 11.3 Å². The highest BCUT2D eigenvalue weighted by atomic mass is 16.5. The van der Waals surface area contributed by atoms with Gasteiger partial charge in [-0.15, -0.1) is 0 Å². The van der Waals surface area contributed by atoms with Crippen molar-refractivity contribution in [3.8, 4) is 5.75 Å². The van der Waals surface area contributed by atoms with Gasteiger partial charge in [-0.3, -0.25) is 9.69 Å². The van der Waals surface area contributed by atoms with E-state index < -0.39 is 0 Å². The standard InChI is InChI=1S/C20H25N3O3/c1-15(2)26-18-8-4-3-7-17(18)20(24)22-19-9-5-6-16(21-19)14-23-10-12-25-13-11-23/h3-9,15H,10-14H2,1-2H3,(H,21,22,24). The summed E-state index contributed by atoms with van der Waals surface area (Å²) in [5, 5.41) is 2.88. The van der Waals surface area contributed by atoms with E-state index >= 15 is 0 Å². The number of nitrogens with zero attached hydrogens (tertiary/aromatic N) is 2. The number of pyridine rings is 1. The smallest absolute Gasteiger partial charge is 0.260 e. The molecule has 138 valence electrons. The summed E-state index contributed by atoms with van der Waals surface area (Å²) in [6, 6.07) is 12.9. The zero-order chi connectivity index (χ0) is 18.4. The fourth-order valence-corrected chi connectivity index (χ4v) is 2.82. The van der Waals surface area contributed by atoms with E-state index in [0.717, 1.165) is 38.5 Å². The number of morpholine rings is 1. The third kappa shape index (κ3) is 5.03. The molecule has 1 N–H and O–H groups in total. The van der Waals surface area contributed by atoms with Crippen LogP contribution in [0.3, 0.4) is 0 Å². The van der Waals surface area contributed by atoms with Gasteiger partial charge in [0.1, 0.15) is 11.6 Å². The molecule has 2 aromatic rings. The largest absolute Gasteiger partial charge is 0.490 e. The van der Waals surface area contributed by atoms with Crippen molar-refractivity contribution in [2.75, 3.05) is 31.6 Å². The number of carbonyl (C=O) groups excluding carboxylic acids is 1. The van der Waals surface area contributed by atoms with Crippen LogP contribution in [-0.4, -0.2) is 48.2 Å². The molecule has 1 aliphatic rings. The van der Waals surface area contributed by atoms with E-state index in [2.05, 4.69) is 15.2 Å². The molecule has 0 bridgehead atoms. The highest BCUT2D eigenvalue weighted by molar-refractivity contribution is 6.05. The lowest BCUT2D eigenvalue weighted by Crippen LogP contribution is -2.35. The Morgan fingerprint density at radius 1 is 1.19 bits per heavy atom. The lowest BCUT2D eigenvalue weighted by molar-refractivity contribution is 0.0337. The number of hydrogen-bond donors (Lipinski definition) is 1. The second-order valence-corrected chi connectivity index (χ2v) is 6.52. The van der Waals surface area contributed by atoms with Crippen molar-refractivity contribution >= 4 is 11.7 Å². The number of amides is 1. The maximum atomic E-state index is 12.7. The number of hydrogen-bond acceptors (Lipinski definition) is 5. The fraction of sp³-hybridized carbons (Fsp3) is 0.400. The summed E-state index contributed by atoms with van der Waals surface area (Å²) in [5.74, 6) is 0.891. The minimum atomic E-state index is -0.225. The van der Waals surface area contributed by atoms with E-state index in [1.807, 2.05) is 38.1 Å². The third-order valence-electron chi connectivity index (χ3n) is 4.03. The number of para-hydroxylation sites is 1.